The summed E-state index contributed by atoms with van der Waals surface area (Å²) in [6.07, 6.45) is 4.84. The fourth-order valence-electron chi connectivity index (χ4n) is 3.84. The molecular weight excluding hydrogens is 421 g/mol. The zero-order chi connectivity index (χ0) is 23.5. The Morgan fingerprint density at radius 1 is 1.00 bits per heavy atom. The van der Waals surface area contributed by atoms with Gasteiger partial charge >= 0.3 is 0 Å². The van der Waals surface area contributed by atoms with E-state index in [1.54, 1.807) is 47.3 Å². The molecule has 4 aromatic rings. The molecule has 7 nitrogen and oxygen atoms in total. The molecule has 0 fully saturated rings. The SMILES string of the molecule is Cc1cc(C)c(NC(=O)CNC(=O)c2cnn(-c3ccccc3F)c2-n2cccc2)c(C)c1. The molecule has 0 aliphatic rings. The number of nitrogens with zero attached hydrogens (tertiary/aromatic N) is 3. The van der Waals surface area contributed by atoms with E-state index in [1.165, 1.54) is 16.9 Å². The lowest BCUT2D eigenvalue weighted by Gasteiger charge is -2.14. The average Bonchev–Trinajstić information content (AvgIpc) is 3.44. The van der Waals surface area contributed by atoms with E-state index in [1.807, 2.05) is 32.9 Å². The second kappa shape index (κ2) is 9.12. The topological polar surface area (TPSA) is 81.0 Å². The van der Waals surface area contributed by atoms with Crippen LogP contribution in [0.25, 0.3) is 11.5 Å². The Morgan fingerprint density at radius 2 is 1.67 bits per heavy atom. The Bertz CT molecular complexity index is 1300. The summed E-state index contributed by atoms with van der Waals surface area (Å²) < 4.78 is 17.5. The van der Waals surface area contributed by atoms with Crippen molar-refractivity contribution in [2.45, 2.75) is 20.8 Å². The lowest BCUT2D eigenvalue weighted by molar-refractivity contribution is -0.115. The van der Waals surface area contributed by atoms with Gasteiger partial charge in [-0.2, -0.15) is 5.10 Å². The number of halogens is 1. The maximum Gasteiger partial charge on any atom is 0.257 e. The minimum absolute atomic E-state index is 0.211. The Kier molecular flexibility index (Phi) is 6.08. The van der Waals surface area contributed by atoms with Crippen LogP contribution in [0.4, 0.5) is 10.1 Å². The molecule has 2 aromatic carbocycles. The minimum Gasteiger partial charge on any atom is -0.343 e. The zero-order valence-corrected chi connectivity index (χ0v) is 18.6. The summed E-state index contributed by atoms with van der Waals surface area (Å²) in [5.74, 6) is -0.936. The number of amides is 2. The second-order valence-corrected chi connectivity index (χ2v) is 7.84. The fourth-order valence-corrected chi connectivity index (χ4v) is 3.84. The van der Waals surface area contributed by atoms with Crippen molar-refractivity contribution < 1.29 is 14.0 Å². The van der Waals surface area contributed by atoms with Gasteiger partial charge in [0.25, 0.3) is 5.91 Å². The molecule has 0 aliphatic heterocycles. The summed E-state index contributed by atoms with van der Waals surface area (Å²) in [7, 11) is 0. The van der Waals surface area contributed by atoms with Crippen LogP contribution < -0.4 is 10.6 Å². The van der Waals surface area contributed by atoms with Crippen LogP contribution in [0, 0.1) is 26.6 Å². The van der Waals surface area contributed by atoms with E-state index in [0.717, 1.165) is 22.4 Å². The summed E-state index contributed by atoms with van der Waals surface area (Å²) in [5, 5.41) is 9.75. The van der Waals surface area contributed by atoms with E-state index in [2.05, 4.69) is 15.7 Å². The number of hydrogen-bond donors (Lipinski definition) is 2. The third-order valence-corrected chi connectivity index (χ3v) is 5.27. The number of rotatable bonds is 6. The predicted molar refractivity (Wildman–Crippen MR) is 124 cm³/mol. The molecule has 0 spiro atoms. The monoisotopic (exact) mass is 445 g/mol. The highest BCUT2D eigenvalue weighted by Gasteiger charge is 2.22. The summed E-state index contributed by atoms with van der Waals surface area (Å²) in [6, 6.07) is 13.7. The molecule has 2 amide bonds. The van der Waals surface area contributed by atoms with Crippen LogP contribution in [0.2, 0.25) is 0 Å². The van der Waals surface area contributed by atoms with Crippen LogP contribution in [0.1, 0.15) is 27.0 Å². The molecule has 168 valence electrons. The van der Waals surface area contributed by atoms with Gasteiger partial charge < -0.3 is 15.2 Å². The third-order valence-electron chi connectivity index (χ3n) is 5.27. The smallest absolute Gasteiger partial charge is 0.257 e. The highest BCUT2D eigenvalue weighted by atomic mass is 19.1. The highest BCUT2D eigenvalue weighted by molar-refractivity contribution is 6.01. The molecule has 2 aromatic heterocycles. The van der Waals surface area contributed by atoms with Gasteiger partial charge in [-0.15, -0.1) is 0 Å². The van der Waals surface area contributed by atoms with Crippen molar-refractivity contribution in [3.05, 3.63) is 95.2 Å². The number of benzene rings is 2. The van der Waals surface area contributed by atoms with Crippen LogP contribution in [-0.4, -0.2) is 32.7 Å². The van der Waals surface area contributed by atoms with E-state index in [4.69, 9.17) is 0 Å². The Labute approximate surface area is 190 Å². The van der Waals surface area contributed by atoms with Crippen molar-refractivity contribution >= 4 is 17.5 Å². The zero-order valence-electron chi connectivity index (χ0n) is 18.6. The first-order chi connectivity index (χ1) is 15.8. The van der Waals surface area contributed by atoms with Crippen molar-refractivity contribution in [3.63, 3.8) is 0 Å². The first kappa shape index (κ1) is 22.0. The maximum atomic E-state index is 14.4. The van der Waals surface area contributed by atoms with Gasteiger partial charge in [0, 0.05) is 18.1 Å². The van der Waals surface area contributed by atoms with Crippen LogP contribution in [0.15, 0.2) is 67.1 Å². The fraction of sp³-hybridized carbons (Fsp3) is 0.160. The normalized spacial score (nSPS) is 10.8. The summed E-state index contributed by atoms with van der Waals surface area (Å²) in [6.45, 7) is 5.63. The van der Waals surface area contributed by atoms with Crippen LogP contribution in [-0.2, 0) is 4.79 Å². The largest absolute Gasteiger partial charge is 0.343 e. The van der Waals surface area contributed by atoms with E-state index < -0.39 is 11.7 Å². The molecule has 0 bridgehead atoms. The van der Waals surface area contributed by atoms with Crippen LogP contribution >= 0.6 is 0 Å². The van der Waals surface area contributed by atoms with Gasteiger partial charge in [-0.3, -0.25) is 9.59 Å². The quantitative estimate of drug-likeness (QED) is 0.469. The lowest BCUT2D eigenvalue weighted by atomic mass is 10.1. The molecule has 0 radical (unpaired) electrons. The third kappa shape index (κ3) is 4.55. The van der Waals surface area contributed by atoms with Crippen molar-refractivity contribution in [2.75, 3.05) is 11.9 Å². The van der Waals surface area contributed by atoms with Crippen molar-refractivity contribution in [1.82, 2.24) is 19.7 Å². The van der Waals surface area contributed by atoms with Crippen molar-refractivity contribution in [2.24, 2.45) is 0 Å². The molecule has 0 saturated heterocycles. The van der Waals surface area contributed by atoms with Crippen LogP contribution in [0.5, 0.6) is 0 Å². The number of anilines is 1. The Morgan fingerprint density at radius 3 is 2.33 bits per heavy atom. The maximum absolute atomic E-state index is 14.4. The van der Waals surface area contributed by atoms with Crippen molar-refractivity contribution in [3.8, 4) is 11.5 Å². The number of carbonyl (C=O) groups is 2. The molecule has 2 heterocycles. The standard InChI is InChI=1S/C25H24FN5O2/c1-16-12-17(2)23(18(3)13-16)29-22(32)15-27-24(33)19-14-28-31(21-9-5-4-8-20(21)26)25(19)30-10-6-7-11-30/h4-14H,15H2,1-3H3,(H,27,33)(H,29,32). The first-order valence-electron chi connectivity index (χ1n) is 10.5. The summed E-state index contributed by atoms with van der Waals surface area (Å²) in [4.78, 5) is 25.5. The highest BCUT2D eigenvalue weighted by Crippen LogP contribution is 2.23. The molecular formula is C25H24FN5O2. The van der Waals surface area contributed by atoms with E-state index in [-0.39, 0.29) is 23.7 Å². The lowest BCUT2D eigenvalue weighted by Crippen LogP contribution is -2.33. The minimum atomic E-state index is -0.492. The molecule has 8 heteroatoms. The molecule has 4 rings (SSSR count). The van der Waals surface area contributed by atoms with Gasteiger partial charge in [0.1, 0.15) is 17.1 Å². The van der Waals surface area contributed by atoms with Gasteiger partial charge in [-0.25, -0.2) is 9.07 Å². The molecule has 0 atom stereocenters. The molecule has 0 unspecified atom stereocenters. The number of aromatic nitrogens is 3. The first-order valence-corrected chi connectivity index (χ1v) is 10.5. The molecule has 0 saturated carbocycles. The number of aryl methyl sites for hydroxylation is 3. The van der Waals surface area contributed by atoms with Gasteiger partial charge in [0.2, 0.25) is 5.91 Å². The molecule has 0 aliphatic carbocycles. The number of para-hydroxylation sites is 1. The Balaban J connectivity index is 1.56. The van der Waals surface area contributed by atoms with Crippen LogP contribution in [0.3, 0.4) is 0 Å². The van der Waals surface area contributed by atoms with E-state index in [0.29, 0.717) is 5.82 Å². The van der Waals surface area contributed by atoms with Gasteiger partial charge in [0.15, 0.2) is 5.82 Å². The Hall–Kier alpha value is -4.20. The summed E-state index contributed by atoms with van der Waals surface area (Å²) in [5.41, 5.74) is 4.18. The van der Waals surface area contributed by atoms with E-state index >= 15 is 0 Å². The number of carbonyl (C=O) groups excluding carboxylic acids is 2. The van der Waals surface area contributed by atoms with Gasteiger partial charge in [-0.1, -0.05) is 29.8 Å². The second-order valence-electron chi connectivity index (χ2n) is 7.84. The predicted octanol–water partition coefficient (Wildman–Crippen LogP) is 4.10. The van der Waals surface area contributed by atoms with Crippen molar-refractivity contribution in [1.29, 1.82) is 0 Å². The van der Waals surface area contributed by atoms with E-state index in [9.17, 15) is 14.0 Å². The number of nitrogens with one attached hydrogen (secondary N) is 2. The average molecular weight is 445 g/mol. The molecule has 2 N–H and O–H groups in total. The summed E-state index contributed by atoms with van der Waals surface area (Å²) >= 11 is 0. The van der Waals surface area contributed by atoms with Gasteiger partial charge in [0.05, 0.1) is 12.7 Å². The van der Waals surface area contributed by atoms with Gasteiger partial charge in [-0.05, 0) is 56.2 Å². The molecule has 33 heavy (non-hydrogen) atoms. The number of hydrogen-bond acceptors (Lipinski definition) is 3.